The van der Waals surface area contributed by atoms with E-state index in [4.69, 9.17) is 10.5 Å². The number of carboxylic acids is 1. The van der Waals surface area contributed by atoms with Gasteiger partial charge in [0.1, 0.15) is 28.7 Å². The summed E-state index contributed by atoms with van der Waals surface area (Å²) in [5, 5.41) is 38.6. The maximum atomic E-state index is 12.7. The molecule has 1 aliphatic carbocycles. The van der Waals surface area contributed by atoms with E-state index in [0.29, 0.717) is 17.7 Å². The van der Waals surface area contributed by atoms with E-state index in [1.165, 1.54) is 23.4 Å². The average Bonchev–Trinajstić information content (AvgIpc) is 3.26. The normalized spacial score (nSPS) is 22.4. The Hall–Kier alpha value is -3.09. The number of hydrogen-bond acceptors (Lipinski definition) is 8. The number of hydrogen-bond donors (Lipinski definition) is 6. The lowest BCUT2D eigenvalue weighted by atomic mass is 9.81. The number of aromatic carboxylic acids is 1. The zero-order valence-corrected chi connectivity index (χ0v) is 16.7. The second-order valence-electron chi connectivity index (χ2n) is 8.21. The van der Waals surface area contributed by atoms with Gasteiger partial charge in [0.15, 0.2) is 0 Å². The molecule has 1 amide bonds. The topological polar surface area (TPSA) is 182 Å². The lowest BCUT2D eigenvalue weighted by Crippen LogP contribution is -2.62. The minimum absolute atomic E-state index is 0.0181. The van der Waals surface area contributed by atoms with E-state index in [1.54, 1.807) is 13.1 Å². The number of imidazole rings is 1. The van der Waals surface area contributed by atoms with Gasteiger partial charge in [-0.3, -0.25) is 4.79 Å². The molecule has 164 valence electrons. The third-order valence-electron chi connectivity index (χ3n) is 5.91. The number of likely N-dealkylation sites (tertiary alicyclic amines) is 1. The van der Waals surface area contributed by atoms with Crippen molar-refractivity contribution < 1.29 is 34.6 Å². The summed E-state index contributed by atoms with van der Waals surface area (Å²) in [4.78, 5) is 32.7. The summed E-state index contributed by atoms with van der Waals surface area (Å²) in [6.07, 6.45) is 2.97. The molecule has 2 unspecified atom stereocenters. The number of aromatic hydroxyl groups is 1. The molecular formula is C19H23BN4O7. The van der Waals surface area contributed by atoms with E-state index in [-0.39, 0.29) is 36.2 Å². The van der Waals surface area contributed by atoms with Gasteiger partial charge < -0.3 is 40.6 Å². The fraction of sp³-hybridized carbons (Fsp3) is 0.421. The van der Waals surface area contributed by atoms with Gasteiger partial charge in [-0.25, -0.2) is 9.78 Å². The lowest BCUT2D eigenvalue weighted by molar-refractivity contribution is -0.145. The van der Waals surface area contributed by atoms with Gasteiger partial charge in [-0.1, -0.05) is 6.07 Å². The van der Waals surface area contributed by atoms with Gasteiger partial charge in [-0.2, -0.15) is 0 Å². The molecule has 3 atom stereocenters. The van der Waals surface area contributed by atoms with Crippen molar-refractivity contribution >= 4 is 19.0 Å². The van der Waals surface area contributed by atoms with E-state index < -0.39 is 36.3 Å². The van der Waals surface area contributed by atoms with Crippen LogP contribution >= 0.6 is 0 Å². The van der Waals surface area contributed by atoms with Crippen LogP contribution in [0.15, 0.2) is 24.7 Å². The minimum atomic E-state index is -1.53. The van der Waals surface area contributed by atoms with Crippen LogP contribution in [-0.4, -0.2) is 73.3 Å². The number of ether oxygens (including phenoxy) is 1. The van der Waals surface area contributed by atoms with Crippen molar-refractivity contribution in [1.29, 1.82) is 0 Å². The minimum Gasteiger partial charge on any atom is -0.507 e. The molecule has 2 aromatic rings. The highest BCUT2D eigenvalue weighted by molar-refractivity contribution is 6.44. The van der Waals surface area contributed by atoms with Crippen LogP contribution in [-0.2, 0) is 10.3 Å². The zero-order valence-electron chi connectivity index (χ0n) is 16.7. The van der Waals surface area contributed by atoms with E-state index in [9.17, 15) is 29.9 Å². The van der Waals surface area contributed by atoms with Crippen LogP contribution in [0.3, 0.4) is 0 Å². The standard InChI is InChI=1S/C19H23BN4O7/c1-19(21,14-5-22-8-23-14)18(28)24-6-9(7-24)31-13-3-2-10(11-4-12(11)20(29)30)16(25)15(13)17(26)27/h2-3,5,8-9,11-12,25,29-30H,4,6-7,21H2,1H3,(H,22,23)(H,26,27)/t11?,12-,19?/m1/s1. The van der Waals surface area contributed by atoms with Gasteiger partial charge in [-0.15, -0.1) is 0 Å². The third-order valence-corrected chi connectivity index (χ3v) is 5.91. The monoisotopic (exact) mass is 430 g/mol. The number of nitrogens with two attached hydrogens (primary N) is 1. The number of rotatable bonds is 7. The van der Waals surface area contributed by atoms with Crippen molar-refractivity contribution in [2.75, 3.05) is 13.1 Å². The van der Waals surface area contributed by atoms with E-state index in [1.807, 2.05) is 0 Å². The number of benzene rings is 1. The first kappa shape index (κ1) is 21.2. The number of carbonyl (C=O) groups excluding carboxylic acids is 1. The molecule has 2 aliphatic rings. The smallest absolute Gasteiger partial charge is 0.455 e. The first-order chi connectivity index (χ1) is 14.6. The Morgan fingerprint density at radius 1 is 1.35 bits per heavy atom. The highest BCUT2D eigenvalue weighted by Gasteiger charge is 2.48. The maximum absolute atomic E-state index is 12.7. The predicted molar refractivity (Wildman–Crippen MR) is 107 cm³/mol. The molecule has 2 heterocycles. The molecule has 1 saturated carbocycles. The molecule has 31 heavy (non-hydrogen) atoms. The van der Waals surface area contributed by atoms with Crippen LogP contribution in [0.4, 0.5) is 0 Å². The van der Waals surface area contributed by atoms with Crippen molar-refractivity contribution in [2.24, 2.45) is 5.73 Å². The number of nitrogens with zero attached hydrogens (tertiary/aromatic N) is 2. The third kappa shape index (κ3) is 3.73. The predicted octanol–water partition coefficient (Wildman–Crippen LogP) is -0.392. The SMILES string of the molecule is CC(N)(C(=O)N1CC(Oc2ccc(C3C[C@H]3B(O)O)c(O)c2C(=O)O)C1)c1c[nH]cn1. The number of phenols is 1. The van der Waals surface area contributed by atoms with Crippen LogP contribution in [0.1, 0.15) is 40.9 Å². The van der Waals surface area contributed by atoms with E-state index in [2.05, 4.69) is 9.97 Å². The Bertz CT molecular complexity index is 1000. The summed E-state index contributed by atoms with van der Waals surface area (Å²) in [6.45, 7) is 1.98. The van der Waals surface area contributed by atoms with Crippen LogP contribution < -0.4 is 10.5 Å². The number of amides is 1. The molecule has 1 saturated heterocycles. The van der Waals surface area contributed by atoms with Gasteiger partial charge in [0.2, 0.25) is 5.91 Å². The summed E-state index contributed by atoms with van der Waals surface area (Å²) in [7, 11) is -1.53. The van der Waals surface area contributed by atoms with Crippen LogP contribution in [0, 0.1) is 0 Å². The molecule has 4 rings (SSSR count). The first-order valence-corrected chi connectivity index (χ1v) is 9.80. The molecule has 1 aromatic carbocycles. The summed E-state index contributed by atoms with van der Waals surface area (Å²) >= 11 is 0. The maximum Gasteiger partial charge on any atom is 0.455 e. The van der Waals surface area contributed by atoms with Gasteiger partial charge in [0.05, 0.1) is 25.1 Å². The highest BCUT2D eigenvalue weighted by atomic mass is 16.5. The van der Waals surface area contributed by atoms with Crippen molar-refractivity contribution in [3.63, 3.8) is 0 Å². The first-order valence-electron chi connectivity index (χ1n) is 9.80. The van der Waals surface area contributed by atoms with E-state index in [0.717, 1.165) is 0 Å². The summed E-state index contributed by atoms with van der Waals surface area (Å²) in [6, 6.07) is 2.97. The Balaban J connectivity index is 1.44. The Labute approximate surface area is 177 Å². The second-order valence-corrected chi connectivity index (χ2v) is 8.21. The average molecular weight is 430 g/mol. The summed E-state index contributed by atoms with van der Waals surface area (Å²) in [5.41, 5.74) is 5.19. The number of aromatic amines is 1. The van der Waals surface area contributed by atoms with Gasteiger partial charge in [0.25, 0.3) is 0 Å². The number of carboxylic acid groups (broad SMARTS) is 1. The number of nitrogens with one attached hydrogen (secondary N) is 1. The zero-order chi connectivity index (χ0) is 22.5. The van der Waals surface area contributed by atoms with Gasteiger partial charge in [0, 0.05) is 12.0 Å². The molecule has 11 nitrogen and oxygen atoms in total. The van der Waals surface area contributed by atoms with Crippen molar-refractivity contribution in [2.45, 2.75) is 36.7 Å². The second kappa shape index (κ2) is 7.55. The lowest BCUT2D eigenvalue weighted by Gasteiger charge is -2.42. The summed E-state index contributed by atoms with van der Waals surface area (Å²) in [5.74, 6) is -2.93. The molecule has 1 aliphatic heterocycles. The number of aromatic nitrogens is 2. The van der Waals surface area contributed by atoms with Crippen molar-refractivity contribution in [1.82, 2.24) is 14.9 Å². The summed E-state index contributed by atoms with van der Waals surface area (Å²) < 4.78 is 5.74. The molecule has 0 radical (unpaired) electrons. The molecule has 0 spiro atoms. The largest absolute Gasteiger partial charge is 0.507 e. The molecule has 2 fully saturated rings. The fourth-order valence-corrected chi connectivity index (χ4v) is 3.93. The number of carbonyl (C=O) groups is 2. The molecule has 1 aromatic heterocycles. The Morgan fingerprint density at radius 3 is 2.61 bits per heavy atom. The van der Waals surface area contributed by atoms with Crippen molar-refractivity contribution in [3.05, 3.63) is 41.5 Å². The molecule has 12 heteroatoms. The molecular weight excluding hydrogens is 407 g/mol. The number of H-pyrrole nitrogens is 1. The Morgan fingerprint density at radius 2 is 2.06 bits per heavy atom. The van der Waals surface area contributed by atoms with Crippen LogP contribution in [0.2, 0.25) is 5.82 Å². The van der Waals surface area contributed by atoms with Gasteiger partial charge >= 0.3 is 13.1 Å². The molecule has 7 N–H and O–H groups in total. The van der Waals surface area contributed by atoms with Crippen LogP contribution in [0.25, 0.3) is 0 Å². The van der Waals surface area contributed by atoms with Crippen molar-refractivity contribution in [3.8, 4) is 11.5 Å². The molecule has 0 bridgehead atoms. The Kier molecular flexibility index (Phi) is 5.16. The quantitative estimate of drug-likeness (QED) is 0.319. The highest BCUT2D eigenvalue weighted by Crippen LogP contribution is 2.56. The fourth-order valence-electron chi connectivity index (χ4n) is 3.93. The van der Waals surface area contributed by atoms with Crippen LogP contribution in [0.5, 0.6) is 11.5 Å². The van der Waals surface area contributed by atoms with E-state index >= 15 is 0 Å². The van der Waals surface area contributed by atoms with Gasteiger partial charge in [-0.05, 0) is 30.9 Å².